The molecular weight excluding hydrogens is 130 g/mol. The van der Waals surface area contributed by atoms with Crippen LogP contribution in [-0.4, -0.2) is 16.8 Å². The van der Waals surface area contributed by atoms with Crippen LogP contribution >= 0.6 is 0 Å². The van der Waals surface area contributed by atoms with Crippen molar-refractivity contribution < 1.29 is 10.1 Å². The molecule has 3 nitrogen and oxygen atoms in total. The Bertz CT molecular complexity index is 74.1. The van der Waals surface area contributed by atoms with Crippen molar-refractivity contribution in [2.45, 2.75) is 38.5 Å². The van der Waals surface area contributed by atoms with Crippen molar-refractivity contribution in [1.82, 2.24) is 0 Å². The van der Waals surface area contributed by atoms with Crippen LogP contribution in [0.4, 0.5) is 0 Å². The number of hydrogen-bond donors (Lipinski definition) is 1. The summed E-state index contributed by atoms with van der Waals surface area (Å²) >= 11 is 0. The zero-order chi connectivity index (χ0) is 7.82. The van der Waals surface area contributed by atoms with E-state index in [0.29, 0.717) is 0 Å². The van der Waals surface area contributed by atoms with E-state index in [1.165, 1.54) is 38.5 Å². The van der Waals surface area contributed by atoms with E-state index < -0.39 is 4.90 Å². The Kier molecular flexibility index (Phi) is 5.92. The molecule has 0 aromatic heterocycles. The molecule has 0 aromatic carbocycles. The van der Waals surface area contributed by atoms with Crippen LogP contribution in [0, 0.1) is 5.21 Å². The van der Waals surface area contributed by atoms with Gasteiger partial charge < -0.3 is 5.21 Å². The lowest BCUT2D eigenvalue weighted by molar-refractivity contribution is -0.719. The highest BCUT2D eigenvalue weighted by atomic mass is 16.8. The molecule has 0 heterocycles. The molecule has 10 heavy (non-hydrogen) atoms. The molecule has 0 aliphatic heterocycles. The van der Waals surface area contributed by atoms with E-state index in [0.717, 1.165) is 0 Å². The maximum absolute atomic E-state index is 8.81. The normalized spacial score (nSPS) is 16.8. The molecule has 1 fully saturated rings. The second-order valence-electron chi connectivity index (χ2n) is 2.47. The fraction of sp³-hybridized carbons (Fsp3) is 0.857. The maximum atomic E-state index is 8.81. The molecular formula is C7H15NO2. The molecule has 0 unspecified atom stereocenters. The second kappa shape index (κ2) is 6.39. The summed E-state index contributed by atoms with van der Waals surface area (Å²) in [6.07, 6.45) is 9.00. The first kappa shape index (κ1) is 9.27. The molecule has 1 aliphatic rings. The SMILES string of the molecule is C1CCCCC1.C=[N+]([O-])O. The highest BCUT2D eigenvalue weighted by molar-refractivity contribution is 5.13. The van der Waals surface area contributed by atoms with E-state index in [1.807, 2.05) is 0 Å². The van der Waals surface area contributed by atoms with E-state index in [9.17, 15) is 0 Å². The second-order valence-corrected chi connectivity index (χ2v) is 2.47. The van der Waals surface area contributed by atoms with Gasteiger partial charge in [0.1, 0.15) is 0 Å². The Labute approximate surface area is 61.5 Å². The minimum Gasteiger partial charge on any atom is -0.418 e. The average Bonchev–Trinajstić information content (AvgIpc) is 1.90. The lowest BCUT2D eigenvalue weighted by Crippen LogP contribution is -1.85. The van der Waals surface area contributed by atoms with E-state index in [1.54, 1.807) is 0 Å². The van der Waals surface area contributed by atoms with Crippen molar-refractivity contribution in [2.75, 3.05) is 0 Å². The van der Waals surface area contributed by atoms with Crippen LogP contribution in [0.5, 0.6) is 0 Å². The molecule has 1 rings (SSSR count). The zero-order valence-electron chi connectivity index (χ0n) is 6.25. The van der Waals surface area contributed by atoms with Crippen LogP contribution in [0.25, 0.3) is 0 Å². The molecule has 1 saturated carbocycles. The lowest BCUT2D eigenvalue weighted by Gasteiger charge is -2.05. The van der Waals surface area contributed by atoms with Gasteiger partial charge in [-0.15, -0.1) is 0 Å². The summed E-state index contributed by atoms with van der Waals surface area (Å²) in [6.45, 7) is 2.47. The predicted octanol–water partition coefficient (Wildman–Crippen LogP) is 1.93. The largest absolute Gasteiger partial charge is 0.418 e. The molecule has 0 aromatic rings. The number of rotatable bonds is 0. The van der Waals surface area contributed by atoms with Gasteiger partial charge in [0.05, 0.1) is 0 Å². The molecule has 1 N–H and O–H groups in total. The first-order valence-corrected chi connectivity index (χ1v) is 3.70. The molecule has 0 saturated heterocycles. The van der Waals surface area contributed by atoms with Crippen LogP contribution < -0.4 is 0 Å². The van der Waals surface area contributed by atoms with Crippen molar-refractivity contribution in [2.24, 2.45) is 0 Å². The molecule has 1 aliphatic carbocycles. The minimum atomic E-state index is -0.500. The summed E-state index contributed by atoms with van der Waals surface area (Å²) in [5.74, 6) is 0. The fourth-order valence-corrected chi connectivity index (χ4v) is 1.06. The molecule has 0 bridgehead atoms. The van der Waals surface area contributed by atoms with Crippen LogP contribution in [0.3, 0.4) is 0 Å². The third-order valence-corrected chi connectivity index (χ3v) is 1.50. The summed E-state index contributed by atoms with van der Waals surface area (Å²) in [7, 11) is 0. The fourth-order valence-electron chi connectivity index (χ4n) is 1.06. The van der Waals surface area contributed by atoms with Gasteiger partial charge in [-0.25, -0.2) is 0 Å². The van der Waals surface area contributed by atoms with E-state index in [4.69, 9.17) is 10.4 Å². The van der Waals surface area contributed by atoms with Crippen LogP contribution in [0.1, 0.15) is 38.5 Å². The van der Waals surface area contributed by atoms with E-state index >= 15 is 0 Å². The third kappa shape index (κ3) is 10.3. The van der Waals surface area contributed by atoms with Gasteiger partial charge in [0.25, 0.3) is 0 Å². The Morgan fingerprint density at radius 3 is 1.20 bits per heavy atom. The summed E-state index contributed by atoms with van der Waals surface area (Å²) in [6, 6.07) is 0. The monoisotopic (exact) mass is 145 g/mol. The summed E-state index contributed by atoms with van der Waals surface area (Å²) in [5.41, 5.74) is 0. The van der Waals surface area contributed by atoms with Gasteiger partial charge >= 0.3 is 0 Å². The van der Waals surface area contributed by atoms with Crippen molar-refractivity contribution in [1.29, 1.82) is 0 Å². The van der Waals surface area contributed by atoms with Gasteiger partial charge in [-0.2, -0.15) is 0 Å². The molecule has 0 spiro atoms. The number of hydrogen-bond acceptors (Lipinski definition) is 2. The summed E-state index contributed by atoms with van der Waals surface area (Å²) < 4.78 is 0. The quantitative estimate of drug-likeness (QED) is 0.245. The standard InChI is InChI=1S/C6H12.CH3NO2/c1-2-4-6-5-3-1;1-2(3)4/h1-6H2;1H2,(H,3,4). The Morgan fingerprint density at radius 2 is 1.10 bits per heavy atom. The van der Waals surface area contributed by atoms with Gasteiger partial charge in [-0.3, -0.25) is 5.21 Å². The van der Waals surface area contributed by atoms with Crippen molar-refractivity contribution in [3.63, 3.8) is 0 Å². The van der Waals surface area contributed by atoms with Crippen LogP contribution in [0.15, 0.2) is 0 Å². The summed E-state index contributed by atoms with van der Waals surface area (Å²) in [5, 5.41) is 16.0. The minimum absolute atomic E-state index is 0.500. The van der Waals surface area contributed by atoms with E-state index in [2.05, 4.69) is 6.72 Å². The molecule has 0 radical (unpaired) electrons. The van der Waals surface area contributed by atoms with Gasteiger partial charge in [-0.05, 0) is 0 Å². The van der Waals surface area contributed by atoms with Crippen molar-refractivity contribution in [3.8, 4) is 0 Å². The average molecular weight is 145 g/mol. The first-order chi connectivity index (χ1) is 4.73. The number of nitrogens with zero attached hydrogens (tertiary/aromatic N) is 1. The maximum Gasteiger partial charge on any atom is 0.197 e. The highest BCUT2D eigenvalue weighted by Gasteiger charge is 1.95. The lowest BCUT2D eigenvalue weighted by atomic mass is 10.0. The Morgan fingerprint density at radius 1 is 1.00 bits per heavy atom. The Balaban J connectivity index is 0.000000180. The molecule has 3 heteroatoms. The van der Waals surface area contributed by atoms with Crippen LogP contribution in [-0.2, 0) is 0 Å². The van der Waals surface area contributed by atoms with E-state index in [-0.39, 0.29) is 0 Å². The first-order valence-electron chi connectivity index (χ1n) is 3.70. The van der Waals surface area contributed by atoms with Crippen molar-refractivity contribution in [3.05, 3.63) is 5.21 Å². The van der Waals surface area contributed by atoms with Gasteiger partial charge in [0.15, 0.2) is 6.72 Å². The predicted molar refractivity (Wildman–Crippen MR) is 40.2 cm³/mol. The van der Waals surface area contributed by atoms with Crippen molar-refractivity contribution >= 4 is 6.72 Å². The van der Waals surface area contributed by atoms with Crippen LogP contribution in [0.2, 0.25) is 0 Å². The highest BCUT2D eigenvalue weighted by Crippen LogP contribution is 2.15. The van der Waals surface area contributed by atoms with Gasteiger partial charge in [-0.1, -0.05) is 38.5 Å². The molecule has 60 valence electrons. The summed E-state index contributed by atoms with van der Waals surface area (Å²) in [4.78, 5) is -0.500. The molecule has 0 amide bonds. The molecule has 0 atom stereocenters. The zero-order valence-corrected chi connectivity index (χ0v) is 6.25. The third-order valence-electron chi connectivity index (χ3n) is 1.50. The topological polar surface area (TPSA) is 46.3 Å². The Hall–Kier alpha value is -0.730. The smallest absolute Gasteiger partial charge is 0.197 e. The van der Waals surface area contributed by atoms with Gasteiger partial charge in [0, 0.05) is 4.90 Å². The van der Waals surface area contributed by atoms with Gasteiger partial charge in [0.2, 0.25) is 0 Å².